The summed E-state index contributed by atoms with van der Waals surface area (Å²) in [5, 5.41) is 14.9. The third-order valence-corrected chi connectivity index (χ3v) is 8.36. The predicted octanol–water partition coefficient (Wildman–Crippen LogP) is 3.47. The van der Waals surface area contributed by atoms with Crippen molar-refractivity contribution >= 4 is 39.9 Å². The SMILES string of the molecule is C=CCn1c(=O)c2cnc(Nc3ccc(N4CCN(C)CC4)cc3)nc2n1C1=CCC2CC[C@](O)(CC)C2=N1. The average molecular weight is 529 g/mol. The van der Waals surface area contributed by atoms with Gasteiger partial charge in [0, 0.05) is 49.7 Å². The second kappa shape index (κ2) is 10.1. The van der Waals surface area contributed by atoms with Crippen LogP contribution >= 0.6 is 0 Å². The summed E-state index contributed by atoms with van der Waals surface area (Å²) in [6, 6.07) is 8.27. The van der Waals surface area contributed by atoms with Crippen molar-refractivity contribution in [2.24, 2.45) is 10.9 Å². The molecule has 204 valence electrons. The van der Waals surface area contributed by atoms with Gasteiger partial charge in [-0.15, -0.1) is 6.58 Å². The van der Waals surface area contributed by atoms with Gasteiger partial charge >= 0.3 is 0 Å². The fourth-order valence-electron chi connectivity index (χ4n) is 5.95. The maximum absolute atomic E-state index is 13.3. The molecule has 1 saturated heterocycles. The number of hydrogen-bond acceptors (Lipinski definition) is 8. The quantitative estimate of drug-likeness (QED) is 0.453. The molecular formula is C29H36N8O2. The largest absolute Gasteiger partial charge is 0.384 e. The van der Waals surface area contributed by atoms with Crippen LogP contribution in [0.1, 0.15) is 32.6 Å². The topological polar surface area (TPSA) is 104 Å². The summed E-state index contributed by atoms with van der Waals surface area (Å²) < 4.78 is 3.33. The number of benzene rings is 1. The number of piperazine rings is 1. The Kier molecular flexibility index (Phi) is 6.60. The lowest BCUT2D eigenvalue weighted by Gasteiger charge is -2.34. The van der Waals surface area contributed by atoms with Crippen molar-refractivity contribution in [3.63, 3.8) is 0 Å². The minimum absolute atomic E-state index is 0.201. The number of nitrogens with one attached hydrogen (secondary N) is 1. The molecule has 1 saturated carbocycles. The molecule has 1 aromatic carbocycles. The van der Waals surface area contributed by atoms with Gasteiger partial charge in [-0.2, -0.15) is 4.98 Å². The first kappa shape index (κ1) is 25.5. The van der Waals surface area contributed by atoms with Gasteiger partial charge in [0.1, 0.15) is 16.8 Å². The lowest BCUT2D eigenvalue weighted by Crippen LogP contribution is -2.44. The molecule has 0 radical (unpaired) electrons. The van der Waals surface area contributed by atoms with Crippen LogP contribution in [0.25, 0.3) is 16.9 Å². The first-order valence-corrected chi connectivity index (χ1v) is 13.8. The van der Waals surface area contributed by atoms with Crippen LogP contribution in [-0.4, -0.2) is 73.9 Å². The number of likely N-dealkylation sites (N-methyl/N-ethyl adjacent to an activating group) is 1. The fourth-order valence-corrected chi connectivity index (χ4v) is 5.95. The zero-order valence-corrected chi connectivity index (χ0v) is 22.7. The first-order chi connectivity index (χ1) is 18.9. The van der Waals surface area contributed by atoms with E-state index in [1.807, 2.05) is 25.1 Å². The molecular weight excluding hydrogens is 492 g/mol. The summed E-state index contributed by atoms with van der Waals surface area (Å²) in [7, 11) is 2.15. The van der Waals surface area contributed by atoms with E-state index in [0.29, 0.717) is 42.2 Å². The molecule has 3 aliphatic rings. The molecule has 0 bridgehead atoms. The zero-order valence-electron chi connectivity index (χ0n) is 22.7. The zero-order chi connectivity index (χ0) is 27.1. The molecule has 3 aromatic rings. The number of aliphatic hydroxyl groups is 1. The molecule has 39 heavy (non-hydrogen) atoms. The molecule has 2 atom stereocenters. The summed E-state index contributed by atoms with van der Waals surface area (Å²) >= 11 is 0. The highest BCUT2D eigenvalue weighted by Crippen LogP contribution is 2.40. The molecule has 0 spiro atoms. The van der Waals surface area contributed by atoms with Gasteiger partial charge in [-0.1, -0.05) is 13.0 Å². The molecule has 4 heterocycles. The van der Waals surface area contributed by atoms with Crippen molar-refractivity contribution in [2.45, 2.75) is 44.8 Å². The maximum Gasteiger partial charge on any atom is 0.278 e. The van der Waals surface area contributed by atoms with Crippen LogP contribution in [0.3, 0.4) is 0 Å². The minimum Gasteiger partial charge on any atom is -0.384 e. The van der Waals surface area contributed by atoms with Gasteiger partial charge in [0.25, 0.3) is 5.56 Å². The number of fused-ring (bicyclic) bond motifs is 2. The van der Waals surface area contributed by atoms with Crippen molar-refractivity contribution in [1.29, 1.82) is 0 Å². The van der Waals surface area contributed by atoms with Crippen molar-refractivity contribution in [3.8, 4) is 0 Å². The van der Waals surface area contributed by atoms with Gasteiger partial charge in [0.2, 0.25) is 5.95 Å². The van der Waals surface area contributed by atoms with Crippen molar-refractivity contribution in [3.05, 3.63) is 59.5 Å². The summed E-state index contributed by atoms with van der Waals surface area (Å²) in [5.74, 6) is 1.23. The van der Waals surface area contributed by atoms with E-state index < -0.39 is 5.60 Å². The Morgan fingerprint density at radius 3 is 2.69 bits per heavy atom. The van der Waals surface area contributed by atoms with Crippen LogP contribution in [0.2, 0.25) is 0 Å². The second-order valence-corrected chi connectivity index (χ2v) is 10.8. The normalized spacial score (nSPS) is 23.5. The smallest absolute Gasteiger partial charge is 0.278 e. The van der Waals surface area contributed by atoms with Crippen LogP contribution in [-0.2, 0) is 6.54 Å². The van der Waals surface area contributed by atoms with Gasteiger partial charge < -0.3 is 20.2 Å². The maximum atomic E-state index is 13.3. The summed E-state index contributed by atoms with van der Waals surface area (Å²) in [6.45, 7) is 10.3. The highest BCUT2D eigenvalue weighted by Gasteiger charge is 2.43. The molecule has 2 fully saturated rings. The summed E-state index contributed by atoms with van der Waals surface area (Å²) in [4.78, 5) is 32.2. The average Bonchev–Trinajstić information content (AvgIpc) is 3.43. The summed E-state index contributed by atoms with van der Waals surface area (Å²) in [5.41, 5.74) is 2.25. The number of allylic oxidation sites excluding steroid dienone is 2. The molecule has 1 unspecified atom stereocenters. The number of hydrogen-bond donors (Lipinski definition) is 2. The number of anilines is 3. The van der Waals surface area contributed by atoms with Crippen LogP contribution in [0.15, 0.2) is 59.0 Å². The number of nitrogens with zero attached hydrogens (tertiary/aromatic N) is 7. The predicted molar refractivity (Wildman–Crippen MR) is 156 cm³/mol. The Hall–Kier alpha value is -3.76. The standard InChI is InChI=1S/C29H36N8O2/c1-4-14-36-27(38)23-19-30-28(31-21-7-9-22(10-8-21)35-17-15-34(3)16-18-35)33-26(23)37(36)24-11-6-20-12-13-29(39,5-2)25(20)32-24/h4,7-11,19-20,39H,1,5-6,12-18H2,2-3H3,(H,30,31,33)/t20?,29-/m1/s1. The molecule has 2 N–H and O–H groups in total. The second-order valence-electron chi connectivity index (χ2n) is 10.8. The first-order valence-electron chi connectivity index (χ1n) is 13.8. The molecule has 0 amide bonds. The van der Waals surface area contributed by atoms with Gasteiger partial charge in [-0.05, 0) is 63.1 Å². The Labute approximate surface area is 228 Å². The minimum atomic E-state index is -0.894. The van der Waals surface area contributed by atoms with Crippen molar-refractivity contribution in [2.75, 3.05) is 43.4 Å². The number of rotatable bonds is 7. The van der Waals surface area contributed by atoms with E-state index in [-0.39, 0.29) is 11.5 Å². The van der Waals surface area contributed by atoms with Crippen LogP contribution in [0.5, 0.6) is 0 Å². The Bertz CT molecular complexity index is 1510. The van der Waals surface area contributed by atoms with Gasteiger partial charge in [-0.3, -0.25) is 4.79 Å². The molecule has 10 heteroatoms. The summed E-state index contributed by atoms with van der Waals surface area (Å²) in [6.07, 6.45) is 8.31. The third-order valence-electron chi connectivity index (χ3n) is 8.36. The Morgan fingerprint density at radius 2 is 1.97 bits per heavy atom. The fraction of sp³-hybridized carbons (Fsp3) is 0.448. The van der Waals surface area contributed by atoms with Gasteiger partial charge in [-0.25, -0.2) is 19.3 Å². The van der Waals surface area contributed by atoms with E-state index in [4.69, 9.17) is 9.98 Å². The van der Waals surface area contributed by atoms with E-state index in [9.17, 15) is 9.90 Å². The van der Waals surface area contributed by atoms with E-state index in [0.717, 1.165) is 50.4 Å². The highest BCUT2D eigenvalue weighted by atomic mass is 16.3. The van der Waals surface area contributed by atoms with Crippen LogP contribution in [0, 0.1) is 5.92 Å². The molecule has 6 rings (SSSR count). The molecule has 10 nitrogen and oxygen atoms in total. The van der Waals surface area contributed by atoms with Crippen LogP contribution < -0.4 is 15.8 Å². The Balaban J connectivity index is 1.33. The van der Waals surface area contributed by atoms with Gasteiger partial charge in [0.15, 0.2) is 5.65 Å². The van der Waals surface area contributed by atoms with Crippen molar-refractivity contribution in [1.82, 2.24) is 24.2 Å². The van der Waals surface area contributed by atoms with E-state index >= 15 is 0 Å². The third kappa shape index (κ3) is 4.57. The lowest BCUT2D eigenvalue weighted by molar-refractivity contribution is 0.109. The lowest BCUT2D eigenvalue weighted by atomic mass is 9.91. The monoisotopic (exact) mass is 528 g/mol. The number of aliphatic imine (C=N–C) groups is 1. The molecule has 1 aliphatic carbocycles. The van der Waals surface area contributed by atoms with E-state index in [2.05, 4.69) is 45.9 Å². The molecule has 2 aliphatic heterocycles. The van der Waals surface area contributed by atoms with E-state index in [1.54, 1.807) is 21.6 Å². The molecule has 2 aromatic heterocycles. The van der Waals surface area contributed by atoms with E-state index in [1.165, 1.54) is 5.69 Å². The Morgan fingerprint density at radius 1 is 1.21 bits per heavy atom. The van der Waals surface area contributed by atoms with Gasteiger partial charge in [0.05, 0.1) is 12.3 Å². The highest BCUT2D eigenvalue weighted by molar-refractivity contribution is 6.00. The number of aromatic nitrogens is 4. The van der Waals surface area contributed by atoms with Crippen LogP contribution in [0.4, 0.5) is 17.3 Å². The van der Waals surface area contributed by atoms with Crippen molar-refractivity contribution < 1.29 is 5.11 Å².